The van der Waals surface area contributed by atoms with Crippen LogP contribution in [0.25, 0.3) is 0 Å². The van der Waals surface area contributed by atoms with Crippen LogP contribution in [0.5, 0.6) is 11.5 Å². The van der Waals surface area contributed by atoms with Crippen molar-refractivity contribution in [3.05, 3.63) is 53.6 Å². The van der Waals surface area contributed by atoms with Crippen LogP contribution in [0, 0.1) is 19.3 Å². The minimum Gasteiger partial charge on any atom is -0.454 e. The van der Waals surface area contributed by atoms with Crippen molar-refractivity contribution in [3.63, 3.8) is 0 Å². The van der Waals surface area contributed by atoms with Crippen LogP contribution < -0.4 is 9.47 Å². The molecule has 0 aliphatic carbocycles. The largest absolute Gasteiger partial charge is 0.454 e. The number of terminal acetylenes is 1. The molecule has 1 aliphatic heterocycles. The van der Waals surface area contributed by atoms with Gasteiger partial charge < -0.3 is 9.47 Å². The Morgan fingerprint density at radius 2 is 1.88 bits per heavy atom. The zero-order valence-electron chi connectivity index (χ0n) is 13.1. The Kier molecular flexibility index (Phi) is 4.47. The van der Waals surface area contributed by atoms with Crippen molar-refractivity contribution in [2.24, 2.45) is 0 Å². The van der Waals surface area contributed by atoms with E-state index < -0.39 is 16.2 Å². The second-order valence-electron chi connectivity index (χ2n) is 5.41. The summed E-state index contributed by atoms with van der Waals surface area (Å²) in [5.74, 6) is 3.65. The molecule has 0 fully saturated rings. The van der Waals surface area contributed by atoms with Gasteiger partial charge in [0.25, 0.3) is 10.1 Å². The molecule has 1 unspecified atom stereocenters. The van der Waals surface area contributed by atoms with Gasteiger partial charge in [0.1, 0.15) is 6.10 Å². The van der Waals surface area contributed by atoms with E-state index in [0.717, 1.165) is 11.1 Å². The third kappa shape index (κ3) is 3.53. The summed E-state index contributed by atoms with van der Waals surface area (Å²) in [6.07, 6.45) is 4.79. The van der Waals surface area contributed by atoms with E-state index in [4.69, 9.17) is 20.1 Å². The Hall–Kier alpha value is -2.49. The van der Waals surface area contributed by atoms with E-state index in [1.54, 1.807) is 30.3 Å². The first-order valence-electron chi connectivity index (χ1n) is 7.32. The molecule has 0 radical (unpaired) electrons. The number of aryl methyl sites for hydroxylation is 1. The molecule has 6 heteroatoms. The van der Waals surface area contributed by atoms with E-state index in [9.17, 15) is 8.42 Å². The van der Waals surface area contributed by atoms with E-state index in [-0.39, 0.29) is 18.1 Å². The van der Waals surface area contributed by atoms with Gasteiger partial charge >= 0.3 is 0 Å². The number of hydrogen-bond donors (Lipinski definition) is 0. The first-order valence-corrected chi connectivity index (χ1v) is 8.73. The van der Waals surface area contributed by atoms with Crippen molar-refractivity contribution in [3.8, 4) is 23.8 Å². The van der Waals surface area contributed by atoms with E-state index >= 15 is 0 Å². The summed E-state index contributed by atoms with van der Waals surface area (Å²) in [6.45, 7) is 2.05. The Bertz CT molecular complexity index is 879. The second-order valence-corrected chi connectivity index (χ2v) is 6.98. The van der Waals surface area contributed by atoms with Gasteiger partial charge in [-0.2, -0.15) is 8.42 Å². The summed E-state index contributed by atoms with van der Waals surface area (Å²) in [4.78, 5) is 0.0824. The van der Waals surface area contributed by atoms with Crippen molar-refractivity contribution in [1.29, 1.82) is 0 Å². The highest BCUT2D eigenvalue weighted by molar-refractivity contribution is 7.86. The molecule has 3 rings (SSSR count). The van der Waals surface area contributed by atoms with Crippen LogP contribution in [0.4, 0.5) is 0 Å². The summed E-state index contributed by atoms with van der Waals surface area (Å²) >= 11 is 0. The van der Waals surface area contributed by atoms with Gasteiger partial charge in [0.2, 0.25) is 6.79 Å². The Balaban J connectivity index is 1.75. The Morgan fingerprint density at radius 1 is 1.17 bits per heavy atom. The summed E-state index contributed by atoms with van der Waals surface area (Å²) in [7, 11) is -3.92. The fourth-order valence-corrected chi connectivity index (χ4v) is 3.33. The average Bonchev–Trinajstić information content (AvgIpc) is 3.02. The summed E-state index contributed by atoms with van der Waals surface area (Å²) < 4.78 is 40.4. The minimum absolute atomic E-state index is 0.0824. The molecule has 0 aromatic heterocycles. The molecule has 0 bridgehead atoms. The van der Waals surface area contributed by atoms with Gasteiger partial charge in [0.05, 0.1) is 4.90 Å². The number of benzene rings is 2. The van der Waals surface area contributed by atoms with E-state index in [1.807, 2.05) is 6.92 Å². The highest BCUT2D eigenvalue weighted by Gasteiger charge is 2.22. The lowest BCUT2D eigenvalue weighted by atomic mass is 10.1. The topological polar surface area (TPSA) is 61.8 Å². The molecule has 124 valence electrons. The van der Waals surface area contributed by atoms with Gasteiger partial charge in [-0.3, -0.25) is 0 Å². The maximum atomic E-state index is 12.3. The normalized spacial score (nSPS) is 14.2. The predicted molar refractivity (Wildman–Crippen MR) is 88.3 cm³/mol. The van der Waals surface area contributed by atoms with Gasteiger partial charge in [0.15, 0.2) is 11.5 Å². The molecule has 2 aromatic carbocycles. The number of hydrogen-bond acceptors (Lipinski definition) is 5. The molecule has 0 spiro atoms. The van der Waals surface area contributed by atoms with E-state index in [1.165, 1.54) is 12.1 Å². The maximum absolute atomic E-state index is 12.3. The standard InChI is InChI=1S/C18H16O5S/c1-3-15(10-14-6-9-17-18(11-14)22-12-21-17)23-24(19,20)16-7-4-13(2)5-8-16/h1,4-9,11,15H,10,12H2,2H3. The van der Waals surface area contributed by atoms with E-state index in [2.05, 4.69) is 5.92 Å². The maximum Gasteiger partial charge on any atom is 0.298 e. The third-order valence-electron chi connectivity index (χ3n) is 3.60. The van der Waals surface area contributed by atoms with Gasteiger partial charge in [-0.1, -0.05) is 29.7 Å². The summed E-state index contributed by atoms with van der Waals surface area (Å²) in [5, 5.41) is 0. The number of ether oxygens (including phenoxy) is 2. The minimum atomic E-state index is -3.92. The molecule has 0 saturated carbocycles. The molecule has 1 aliphatic rings. The van der Waals surface area contributed by atoms with Crippen LogP contribution in [-0.2, 0) is 20.7 Å². The third-order valence-corrected chi connectivity index (χ3v) is 4.93. The van der Waals surface area contributed by atoms with Crippen LogP contribution in [-0.4, -0.2) is 21.3 Å². The lowest BCUT2D eigenvalue weighted by Crippen LogP contribution is -2.19. The molecule has 1 atom stereocenters. The van der Waals surface area contributed by atoms with Crippen molar-refractivity contribution in [1.82, 2.24) is 0 Å². The van der Waals surface area contributed by atoms with Crippen molar-refractivity contribution in [2.45, 2.75) is 24.3 Å². The fraction of sp³-hybridized carbons (Fsp3) is 0.222. The van der Waals surface area contributed by atoms with Gasteiger partial charge in [0, 0.05) is 6.42 Å². The summed E-state index contributed by atoms with van der Waals surface area (Å²) in [5.41, 5.74) is 1.77. The highest BCUT2D eigenvalue weighted by Crippen LogP contribution is 2.33. The molecule has 0 saturated heterocycles. The molecule has 2 aromatic rings. The number of fused-ring (bicyclic) bond motifs is 1. The SMILES string of the molecule is C#CC(Cc1ccc2c(c1)OCO2)OS(=O)(=O)c1ccc(C)cc1. The van der Waals surface area contributed by atoms with Gasteiger partial charge in [-0.15, -0.1) is 6.42 Å². The summed E-state index contributed by atoms with van der Waals surface area (Å²) in [6, 6.07) is 11.8. The smallest absolute Gasteiger partial charge is 0.298 e. The molecule has 0 N–H and O–H groups in total. The lowest BCUT2D eigenvalue weighted by Gasteiger charge is -2.13. The fourth-order valence-electron chi connectivity index (χ4n) is 2.32. The molecule has 0 amide bonds. The predicted octanol–water partition coefficient (Wildman–Crippen LogP) is 2.67. The van der Waals surface area contributed by atoms with Crippen LogP contribution in [0.15, 0.2) is 47.4 Å². The van der Waals surface area contributed by atoms with E-state index in [0.29, 0.717) is 11.5 Å². The first-order chi connectivity index (χ1) is 11.5. The van der Waals surface area contributed by atoms with Gasteiger partial charge in [-0.25, -0.2) is 4.18 Å². The highest BCUT2D eigenvalue weighted by atomic mass is 32.2. The quantitative estimate of drug-likeness (QED) is 0.616. The molecule has 24 heavy (non-hydrogen) atoms. The van der Waals surface area contributed by atoms with Crippen LogP contribution in [0.2, 0.25) is 0 Å². The van der Waals surface area contributed by atoms with Crippen LogP contribution in [0.1, 0.15) is 11.1 Å². The lowest BCUT2D eigenvalue weighted by molar-refractivity contribution is 0.174. The zero-order valence-corrected chi connectivity index (χ0v) is 13.9. The monoisotopic (exact) mass is 344 g/mol. The average molecular weight is 344 g/mol. The second kappa shape index (κ2) is 6.56. The van der Waals surface area contributed by atoms with Crippen LogP contribution in [0.3, 0.4) is 0 Å². The Labute approximate surface area is 141 Å². The van der Waals surface area contributed by atoms with Crippen molar-refractivity contribution < 1.29 is 22.1 Å². The molecule has 1 heterocycles. The zero-order chi connectivity index (χ0) is 17.2. The molecular formula is C18H16O5S. The Morgan fingerprint density at radius 3 is 2.58 bits per heavy atom. The molecular weight excluding hydrogens is 328 g/mol. The van der Waals surface area contributed by atoms with Gasteiger partial charge in [-0.05, 0) is 36.8 Å². The van der Waals surface area contributed by atoms with Crippen molar-refractivity contribution >= 4 is 10.1 Å². The first kappa shape index (κ1) is 16.4. The van der Waals surface area contributed by atoms with Crippen molar-refractivity contribution in [2.75, 3.05) is 6.79 Å². The number of rotatable bonds is 5. The van der Waals surface area contributed by atoms with Crippen LogP contribution >= 0.6 is 0 Å². The molecule has 5 nitrogen and oxygen atoms in total.